The molecule has 29 heteroatoms. The van der Waals surface area contributed by atoms with Gasteiger partial charge in [-0.25, -0.2) is 4.79 Å². The van der Waals surface area contributed by atoms with Crippen molar-refractivity contribution in [3.63, 3.8) is 0 Å². The molecule has 574 valence electrons. The molecule has 2 fully saturated rings. The van der Waals surface area contributed by atoms with Crippen LogP contribution in [0.5, 0.6) is 0 Å². The third kappa shape index (κ3) is 26.3. The molecule has 0 bridgehead atoms. The van der Waals surface area contributed by atoms with Gasteiger partial charge in [0.25, 0.3) is 0 Å². The van der Waals surface area contributed by atoms with E-state index in [1.54, 1.807) is 48.5 Å². The molecule has 7 N–H and O–H groups in total. The molecule has 0 aromatic rings. The van der Waals surface area contributed by atoms with Crippen molar-refractivity contribution in [2.24, 2.45) is 41.2 Å². The number of aliphatic hydroxyl groups excluding tert-OH is 1. The van der Waals surface area contributed by atoms with Gasteiger partial charge in [0.1, 0.15) is 66.5 Å². The third-order valence-electron chi connectivity index (χ3n) is 19.4. The Morgan fingerprint density at radius 2 is 0.980 bits per heavy atom. The molecule has 29 nitrogen and oxygen atoms in total. The fraction of sp³-hybridized carbons (Fsp3) is 0.831. The molecule has 2 heterocycles. The lowest BCUT2D eigenvalue weighted by Gasteiger charge is -2.41. The van der Waals surface area contributed by atoms with Crippen molar-refractivity contribution < 1.29 is 76.9 Å². The smallest absolute Gasteiger partial charge is 0.404 e. The van der Waals surface area contributed by atoms with E-state index in [0.29, 0.717) is 45.3 Å². The van der Waals surface area contributed by atoms with Gasteiger partial charge in [0.2, 0.25) is 65.0 Å². The van der Waals surface area contributed by atoms with Gasteiger partial charge in [-0.3, -0.25) is 57.6 Å². The maximum atomic E-state index is 15.4. The second-order valence-electron chi connectivity index (χ2n) is 29.7. The summed E-state index contributed by atoms with van der Waals surface area (Å²) in [6, 6.07) is -14.5. The predicted octanol–water partition coefficient (Wildman–Crippen LogP) is 2.82. The summed E-state index contributed by atoms with van der Waals surface area (Å²) in [4.78, 5) is 186. The highest BCUT2D eigenvalue weighted by molar-refractivity contribution is 6.00. The molecule has 0 spiro atoms. The van der Waals surface area contributed by atoms with Gasteiger partial charge in [0.15, 0.2) is 0 Å². The largest absolute Gasteiger partial charge is 0.450 e. The summed E-state index contributed by atoms with van der Waals surface area (Å²) in [5.74, 6) is -10.4. The lowest BCUT2D eigenvalue weighted by atomic mass is 9.90. The van der Waals surface area contributed by atoms with E-state index in [1.807, 2.05) is 41.5 Å². The number of hydrogen-bond acceptors (Lipinski definition) is 17. The van der Waals surface area contributed by atoms with Gasteiger partial charge < -0.3 is 80.6 Å². The van der Waals surface area contributed by atoms with Crippen molar-refractivity contribution in [3.8, 4) is 0 Å². The standard InChI is InChI=1S/C71H129N13O16/c1-24-51-66(92)77(17)49(15)65(91)82(22)57(50(16)99-34-29-27-31-84-32-36-98-37-33-84)62(88)76-55(44(8)9)69(95)78(18)52(38-41(2)3)61(87)73-47(13)60(86)74-48(14)64(90)79(19)53(39-42(4)5)67(93)80(20)54(40-43(6)7)68(94)81(21)56(45(10)11)70(96)83(23)58(63(89)75-51)59(85)46(12)30-26-25-28-35-100-71(72)97/h41-59,85H,24-40H2,1-23H3,(H2,72,97)(H,73,87)(H,74,86)(H,75,89)(H,76,88)/t46-,47+,48-,49-,50-,51+,52+,53+,54+,55+,56+,57+,58+,59-/m1/s1. The van der Waals surface area contributed by atoms with Crippen LogP contribution < -0.4 is 27.0 Å². The van der Waals surface area contributed by atoms with Crippen LogP contribution >= 0.6 is 0 Å². The molecule has 0 aromatic heterocycles. The number of unbranched alkanes of at least 4 members (excludes halogenated alkanes) is 3. The number of carbonyl (C=O) groups excluding carboxylic acids is 12. The molecular formula is C71H129N13O16. The molecule has 2 saturated heterocycles. The van der Waals surface area contributed by atoms with E-state index < -0.39 is 167 Å². The maximum Gasteiger partial charge on any atom is 0.404 e. The normalized spacial score (nSPS) is 26.6. The summed E-state index contributed by atoms with van der Waals surface area (Å²) < 4.78 is 16.7. The lowest BCUT2D eigenvalue weighted by molar-refractivity contribution is -0.157. The Morgan fingerprint density at radius 3 is 1.50 bits per heavy atom. The average molecular weight is 1420 g/mol. The average Bonchev–Trinajstić information content (AvgIpc) is 0.809. The molecule has 2 aliphatic rings. The number of hydrogen-bond donors (Lipinski definition) is 6. The molecule has 0 unspecified atom stereocenters. The van der Waals surface area contributed by atoms with Crippen molar-refractivity contribution in [2.75, 3.05) is 95.4 Å². The number of rotatable bonds is 24. The van der Waals surface area contributed by atoms with Crippen molar-refractivity contribution >= 4 is 71.1 Å². The van der Waals surface area contributed by atoms with Crippen LogP contribution in [0.25, 0.3) is 0 Å². The summed E-state index contributed by atoms with van der Waals surface area (Å²) in [5.41, 5.74) is 5.15. The van der Waals surface area contributed by atoms with Gasteiger partial charge in [-0.15, -0.1) is 0 Å². The summed E-state index contributed by atoms with van der Waals surface area (Å²) in [6.07, 6.45) is -0.0169. The SMILES string of the molecule is CC[C@@H]1NC(=O)[C@H]([C@H](O)[C@H](C)CCCCCOC(N)=O)N(C)C(=O)[C@H](C(C)C)N(C)C(=O)[C@H](CC(C)C)N(C)C(=O)[C@H](CC(C)C)N(C)C(=O)[C@@H](C)NC(=O)[C@H](C)NC(=O)[C@H](CC(C)C)N(C)C(=O)[C@H](C(C)C)NC(=O)[C@H]([C@@H](C)OCCCCN2CCOCC2)N(C)C(=O)[C@@H](C)N(C)C1=O. The number of amides is 12. The third-order valence-corrected chi connectivity index (χ3v) is 19.4. The summed E-state index contributed by atoms with van der Waals surface area (Å²) in [5, 5.41) is 23.5. The molecule has 0 aromatic carbocycles. The highest BCUT2D eigenvalue weighted by Crippen LogP contribution is 2.27. The van der Waals surface area contributed by atoms with Gasteiger partial charge in [-0.2, -0.15) is 0 Å². The minimum atomic E-state index is -1.70. The van der Waals surface area contributed by atoms with Crippen LogP contribution in [-0.2, 0) is 67.0 Å². The van der Waals surface area contributed by atoms with Gasteiger partial charge in [-0.1, -0.05) is 95.9 Å². The second kappa shape index (κ2) is 42.6. The first-order valence-corrected chi connectivity index (χ1v) is 36.2. The Labute approximate surface area is 596 Å². The van der Waals surface area contributed by atoms with E-state index in [-0.39, 0.29) is 56.7 Å². The van der Waals surface area contributed by atoms with Crippen LogP contribution in [0.1, 0.15) is 175 Å². The van der Waals surface area contributed by atoms with Crippen LogP contribution in [0.15, 0.2) is 0 Å². The Morgan fingerprint density at radius 1 is 0.500 bits per heavy atom. The minimum absolute atomic E-state index is 0.0420. The van der Waals surface area contributed by atoms with Gasteiger partial charge in [0, 0.05) is 69.0 Å². The maximum absolute atomic E-state index is 15.4. The zero-order valence-corrected chi connectivity index (χ0v) is 64.7. The molecule has 2 rings (SSSR count). The van der Waals surface area contributed by atoms with E-state index in [2.05, 4.69) is 26.2 Å². The van der Waals surface area contributed by atoms with E-state index in [9.17, 15) is 33.9 Å². The Balaban J connectivity index is 3.02. The fourth-order valence-corrected chi connectivity index (χ4v) is 12.9. The van der Waals surface area contributed by atoms with Gasteiger partial charge in [-0.05, 0) is 121 Å². The topological polar surface area (TPSA) is 353 Å². The number of ether oxygens (including phenoxy) is 3. The van der Waals surface area contributed by atoms with Crippen molar-refractivity contribution in [2.45, 2.75) is 254 Å². The minimum Gasteiger partial charge on any atom is -0.450 e. The van der Waals surface area contributed by atoms with Crippen LogP contribution in [-0.4, -0.2) is 289 Å². The number of nitrogens with two attached hydrogens (primary N) is 1. The zero-order valence-electron chi connectivity index (χ0n) is 64.7. The molecular weight excluding hydrogens is 1290 g/mol. The Kier molecular flexibility index (Phi) is 38.1. The van der Waals surface area contributed by atoms with E-state index in [1.165, 1.54) is 89.7 Å². The first kappa shape index (κ1) is 89.4. The van der Waals surface area contributed by atoms with Crippen LogP contribution in [0, 0.1) is 35.5 Å². The quantitative estimate of drug-likeness (QED) is 0.0757. The zero-order chi connectivity index (χ0) is 76.5. The van der Waals surface area contributed by atoms with Crippen molar-refractivity contribution in [1.29, 1.82) is 0 Å². The summed E-state index contributed by atoms with van der Waals surface area (Å²) >= 11 is 0. The lowest BCUT2D eigenvalue weighted by Crippen LogP contribution is -2.64. The highest BCUT2D eigenvalue weighted by Gasteiger charge is 2.47. The van der Waals surface area contributed by atoms with Crippen LogP contribution in [0.4, 0.5) is 4.79 Å². The Hall–Kier alpha value is -6.72. The molecule has 0 aliphatic carbocycles. The number of carbonyl (C=O) groups is 12. The first-order valence-electron chi connectivity index (χ1n) is 36.2. The molecule has 0 saturated carbocycles. The monoisotopic (exact) mass is 1420 g/mol. The summed E-state index contributed by atoms with van der Waals surface area (Å²) in [7, 11) is 9.80. The first-order chi connectivity index (χ1) is 46.6. The molecule has 14 atom stereocenters. The van der Waals surface area contributed by atoms with Gasteiger partial charge >= 0.3 is 6.09 Å². The predicted molar refractivity (Wildman–Crippen MR) is 380 cm³/mol. The van der Waals surface area contributed by atoms with E-state index >= 15 is 28.8 Å². The molecule has 0 radical (unpaired) electrons. The molecule has 100 heavy (non-hydrogen) atoms. The fourth-order valence-electron chi connectivity index (χ4n) is 12.9. The number of nitrogens with zero attached hydrogens (tertiary/aromatic N) is 8. The van der Waals surface area contributed by atoms with E-state index in [0.717, 1.165) is 40.8 Å². The number of nitrogens with one attached hydrogen (secondary N) is 4. The second-order valence-corrected chi connectivity index (χ2v) is 29.7. The van der Waals surface area contributed by atoms with Gasteiger partial charge in [0.05, 0.1) is 32.0 Å². The number of primary amides is 1. The molecule has 2 aliphatic heterocycles. The van der Waals surface area contributed by atoms with E-state index in [4.69, 9.17) is 19.9 Å². The Bertz CT molecular complexity index is 2700. The van der Waals surface area contributed by atoms with Crippen LogP contribution in [0.2, 0.25) is 0 Å². The molecule has 12 amide bonds. The van der Waals surface area contributed by atoms with Crippen molar-refractivity contribution in [1.82, 2.24) is 60.5 Å². The van der Waals surface area contributed by atoms with Crippen molar-refractivity contribution in [3.05, 3.63) is 0 Å². The summed E-state index contributed by atoms with van der Waals surface area (Å²) in [6.45, 7) is 31.2. The van der Waals surface area contributed by atoms with Crippen LogP contribution in [0.3, 0.4) is 0 Å². The number of morpholine rings is 1. The highest BCUT2D eigenvalue weighted by atomic mass is 16.5. The number of likely N-dealkylation sites (N-methyl/N-ethyl adjacent to an activating group) is 7. The number of aliphatic hydroxyl groups is 1.